The van der Waals surface area contributed by atoms with Crippen LogP contribution in [0, 0.1) is 0 Å². The fourth-order valence-corrected chi connectivity index (χ4v) is 4.12. The van der Waals surface area contributed by atoms with Gasteiger partial charge in [0.05, 0.1) is 22.0 Å². The number of aromatic nitrogens is 2. The first-order chi connectivity index (χ1) is 14.8. The summed E-state index contributed by atoms with van der Waals surface area (Å²) in [6, 6.07) is 24.3. The third-order valence-corrected chi connectivity index (χ3v) is 6.02. The zero-order valence-electron chi connectivity index (χ0n) is 16.5. The van der Waals surface area contributed by atoms with E-state index in [0.717, 1.165) is 11.8 Å². The number of rotatable bonds is 5. The minimum Gasteiger partial charge on any atom is -0.319 e. The molecule has 4 aromatic rings. The van der Waals surface area contributed by atoms with Crippen molar-refractivity contribution in [1.29, 1.82) is 0 Å². The summed E-state index contributed by atoms with van der Waals surface area (Å²) in [5.41, 5.74) is 2.55. The Kier molecular flexibility index (Phi) is 5.63. The van der Waals surface area contributed by atoms with Gasteiger partial charge in [-0.15, -0.1) is 0 Å². The highest BCUT2D eigenvalue weighted by atomic mass is 35.5. The van der Waals surface area contributed by atoms with E-state index in [9.17, 15) is 13.2 Å². The third kappa shape index (κ3) is 4.52. The van der Waals surface area contributed by atoms with E-state index in [-0.39, 0.29) is 16.3 Å². The first-order valence-electron chi connectivity index (χ1n) is 9.35. The van der Waals surface area contributed by atoms with Crippen LogP contribution in [0.3, 0.4) is 0 Å². The lowest BCUT2D eigenvalue weighted by Gasteiger charge is -2.11. The van der Waals surface area contributed by atoms with Crippen LogP contribution in [-0.2, 0) is 9.84 Å². The molecule has 1 amide bonds. The highest BCUT2D eigenvalue weighted by molar-refractivity contribution is 7.90. The molecule has 0 spiro atoms. The largest absolute Gasteiger partial charge is 0.319 e. The summed E-state index contributed by atoms with van der Waals surface area (Å²) in [5, 5.41) is 7.92. The number of carbonyl (C=O) groups is 1. The Balaban J connectivity index is 1.78. The number of nitrogens with zero attached hydrogens (tertiary/aromatic N) is 2. The van der Waals surface area contributed by atoms with Crippen molar-refractivity contribution in [3.05, 3.63) is 95.6 Å². The molecule has 31 heavy (non-hydrogen) atoms. The Morgan fingerprint density at radius 3 is 2.26 bits per heavy atom. The summed E-state index contributed by atoms with van der Waals surface area (Å²) in [6.45, 7) is 0. The summed E-state index contributed by atoms with van der Waals surface area (Å²) in [4.78, 5) is 13.2. The molecule has 156 valence electrons. The van der Waals surface area contributed by atoms with Crippen molar-refractivity contribution >= 4 is 33.0 Å². The maximum Gasteiger partial charge on any atom is 0.274 e. The van der Waals surface area contributed by atoms with Crippen molar-refractivity contribution in [2.75, 3.05) is 11.6 Å². The van der Waals surface area contributed by atoms with E-state index in [1.54, 1.807) is 36.4 Å². The van der Waals surface area contributed by atoms with E-state index in [0.29, 0.717) is 16.4 Å². The molecule has 3 aromatic carbocycles. The molecule has 1 aromatic heterocycles. The van der Waals surface area contributed by atoms with Gasteiger partial charge in [0.25, 0.3) is 5.91 Å². The SMILES string of the molecule is CS(=O)(=O)c1ccccc1NC(=O)c1cc(-c2ccc(Cl)cc2)nn1-c1ccccc1. The predicted octanol–water partition coefficient (Wildman–Crippen LogP) is 4.85. The average Bonchev–Trinajstić information content (AvgIpc) is 3.20. The van der Waals surface area contributed by atoms with Gasteiger partial charge in [-0.05, 0) is 42.5 Å². The Labute approximate surface area is 185 Å². The normalized spacial score (nSPS) is 11.3. The van der Waals surface area contributed by atoms with E-state index >= 15 is 0 Å². The van der Waals surface area contributed by atoms with Gasteiger partial charge in [0.1, 0.15) is 5.69 Å². The van der Waals surface area contributed by atoms with E-state index in [1.807, 2.05) is 42.5 Å². The highest BCUT2D eigenvalue weighted by Gasteiger charge is 2.20. The van der Waals surface area contributed by atoms with Crippen molar-refractivity contribution in [3.8, 4) is 16.9 Å². The van der Waals surface area contributed by atoms with Crippen molar-refractivity contribution < 1.29 is 13.2 Å². The van der Waals surface area contributed by atoms with Crippen LogP contribution < -0.4 is 5.32 Å². The quantitative estimate of drug-likeness (QED) is 0.470. The van der Waals surface area contributed by atoms with Crippen LogP contribution in [0.2, 0.25) is 5.02 Å². The predicted molar refractivity (Wildman–Crippen MR) is 122 cm³/mol. The van der Waals surface area contributed by atoms with E-state index in [4.69, 9.17) is 11.6 Å². The monoisotopic (exact) mass is 451 g/mol. The summed E-state index contributed by atoms with van der Waals surface area (Å²) in [6.07, 6.45) is 1.10. The van der Waals surface area contributed by atoms with E-state index < -0.39 is 15.7 Å². The highest BCUT2D eigenvalue weighted by Crippen LogP contribution is 2.26. The van der Waals surface area contributed by atoms with Gasteiger partial charge in [0.2, 0.25) is 0 Å². The summed E-state index contributed by atoms with van der Waals surface area (Å²) < 4.78 is 25.7. The molecule has 0 fully saturated rings. The van der Waals surface area contributed by atoms with Gasteiger partial charge >= 0.3 is 0 Å². The van der Waals surface area contributed by atoms with Crippen LogP contribution >= 0.6 is 11.6 Å². The van der Waals surface area contributed by atoms with Crippen molar-refractivity contribution in [2.45, 2.75) is 4.90 Å². The molecule has 6 nitrogen and oxygen atoms in total. The molecule has 1 N–H and O–H groups in total. The lowest BCUT2D eigenvalue weighted by Crippen LogP contribution is -2.18. The number of anilines is 1. The van der Waals surface area contributed by atoms with Gasteiger partial charge < -0.3 is 5.32 Å². The van der Waals surface area contributed by atoms with Crippen molar-refractivity contribution in [2.24, 2.45) is 0 Å². The molecule has 1 heterocycles. The molecule has 4 rings (SSSR count). The smallest absolute Gasteiger partial charge is 0.274 e. The lowest BCUT2D eigenvalue weighted by atomic mass is 10.1. The molecule has 0 bridgehead atoms. The van der Waals surface area contributed by atoms with Gasteiger partial charge in [-0.3, -0.25) is 4.79 Å². The first-order valence-corrected chi connectivity index (χ1v) is 11.6. The molecule has 0 atom stereocenters. The standard InChI is InChI=1S/C23H18ClN3O3S/c1-31(29,30)22-10-6-5-9-19(22)25-23(28)21-15-20(16-11-13-17(24)14-12-16)26-27(21)18-7-3-2-4-8-18/h2-15H,1H3,(H,25,28). The number of benzene rings is 3. The number of amides is 1. The summed E-state index contributed by atoms with van der Waals surface area (Å²) in [5.74, 6) is -0.479. The molecular formula is C23H18ClN3O3S. The minimum absolute atomic E-state index is 0.0482. The summed E-state index contributed by atoms with van der Waals surface area (Å²) in [7, 11) is -3.52. The van der Waals surface area contributed by atoms with Gasteiger partial charge in [-0.25, -0.2) is 13.1 Å². The Morgan fingerprint density at radius 2 is 1.58 bits per heavy atom. The second-order valence-corrected chi connectivity index (χ2v) is 9.31. The molecular weight excluding hydrogens is 434 g/mol. The van der Waals surface area contributed by atoms with Crippen LogP contribution in [0.5, 0.6) is 0 Å². The molecule has 0 aliphatic rings. The fraction of sp³-hybridized carbons (Fsp3) is 0.0435. The number of halogens is 1. The first kappa shape index (κ1) is 20.8. The van der Waals surface area contributed by atoms with Crippen molar-refractivity contribution in [1.82, 2.24) is 9.78 Å². The second kappa shape index (κ2) is 8.37. The molecule has 0 aliphatic carbocycles. The van der Waals surface area contributed by atoms with Crippen LogP contribution in [0.1, 0.15) is 10.5 Å². The van der Waals surface area contributed by atoms with Gasteiger partial charge in [0.15, 0.2) is 9.84 Å². The number of sulfone groups is 1. The Bertz CT molecular complexity index is 1350. The Hall–Kier alpha value is -3.42. The van der Waals surface area contributed by atoms with Crippen LogP contribution in [-0.4, -0.2) is 30.4 Å². The lowest BCUT2D eigenvalue weighted by molar-refractivity contribution is 0.101. The average molecular weight is 452 g/mol. The third-order valence-electron chi connectivity index (χ3n) is 4.62. The molecule has 0 radical (unpaired) electrons. The molecule has 0 unspecified atom stereocenters. The number of para-hydroxylation sites is 2. The summed E-state index contributed by atoms with van der Waals surface area (Å²) >= 11 is 5.99. The van der Waals surface area contributed by atoms with Crippen LogP contribution in [0.4, 0.5) is 5.69 Å². The Morgan fingerprint density at radius 1 is 0.935 bits per heavy atom. The molecule has 0 saturated carbocycles. The van der Waals surface area contributed by atoms with Gasteiger partial charge in [0, 0.05) is 16.8 Å². The zero-order chi connectivity index (χ0) is 22.0. The number of hydrogen-bond acceptors (Lipinski definition) is 4. The molecule has 0 aliphatic heterocycles. The second-order valence-electron chi connectivity index (χ2n) is 6.89. The maximum atomic E-state index is 13.2. The van der Waals surface area contributed by atoms with Gasteiger partial charge in [-0.2, -0.15) is 5.10 Å². The topological polar surface area (TPSA) is 81.1 Å². The maximum absolute atomic E-state index is 13.2. The fourth-order valence-electron chi connectivity index (χ4n) is 3.15. The van der Waals surface area contributed by atoms with Crippen molar-refractivity contribution in [3.63, 3.8) is 0 Å². The van der Waals surface area contributed by atoms with E-state index in [1.165, 1.54) is 10.7 Å². The molecule has 8 heteroatoms. The number of carbonyl (C=O) groups excluding carboxylic acids is 1. The minimum atomic E-state index is -3.52. The molecule has 0 saturated heterocycles. The zero-order valence-corrected chi connectivity index (χ0v) is 18.1. The number of hydrogen-bond donors (Lipinski definition) is 1. The van der Waals surface area contributed by atoms with E-state index in [2.05, 4.69) is 10.4 Å². The van der Waals surface area contributed by atoms with Crippen LogP contribution in [0.25, 0.3) is 16.9 Å². The number of nitrogens with one attached hydrogen (secondary N) is 1. The van der Waals surface area contributed by atoms with Gasteiger partial charge in [-0.1, -0.05) is 54.1 Å². The van der Waals surface area contributed by atoms with Crippen LogP contribution in [0.15, 0.2) is 89.8 Å².